The van der Waals surface area contributed by atoms with E-state index in [2.05, 4.69) is 52.4 Å². The molecule has 1 nitrogen and oxygen atoms in total. The Kier molecular flexibility index (Phi) is 5.03. The van der Waals surface area contributed by atoms with Crippen LogP contribution in [0.15, 0.2) is 46.9 Å². The maximum atomic E-state index is 6.25. The average molecular weight is 339 g/mol. The van der Waals surface area contributed by atoms with E-state index in [0.717, 1.165) is 15.9 Å². The van der Waals surface area contributed by atoms with Crippen LogP contribution in [0, 0.1) is 6.92 Å². The molecule has 0 aliphatic rings. The summed E-state index contributed by atoms with van der Waals surface area (Å²) in [5.41, 5.74) is 3.74. The molecule has 1 atom stereocenters. The van der Waals surface area contributed by atoms with E-state index in [1.165, 1.54) is 16.7 Å². The molecule has 0 aliphatic carbocycles. The van der Waals surface area contributed by atoms with Crippen LogP contribution in [0.1, 0.15) is 22.7 Å². The van der Waals surface area contributed by atoms with Crippen molar-refractivity contribution < 1.29 is 0 Å². The summed E-state index contributed by atoms with van der Waals surface area (Å²) in [5.74, 6) is 0. The second kappa shape index (κ2) is 6.56. The Morgan fingerprint density at radius 1 is 1.16 bits per heavy atom. The number of benzene rings is 2. The fourth-order valence-corrected chi connectivity index (χ4v) is 2.85. The van der Waals surface area contributed by atoms with Gasteiger partial charge in [0.25, 0.3) is 0 Å². The highest BCUT2D eigenvalue weighted by Gasteiger charge is 2.15. The van der Waals surface area contributed by atoms with Crippen LogP contribution < -0.4 is 5.32 Å². The third-order valence-electron chi connectivity index (χ3n) is 3.42. The lowest BCUT2D eigenvalue weighted by molar-refractivity contribution is 0.588. The number of rotatable bonds is 4. The third-order valence-corrected chi connectivity index (χ3v) is 4.64. The molecule has 0 saturated heterocycles. The summed E-state index contributed by atoms with van der Waals surface area (Å²) in [6, 6.07) is 14.6. The Morgan fingerprint density at radius 3 is 2.58 bits per heavy atom. The first-order valence-electron chi connectivity index (χ1n) is 6.29. The quantitative estimate of drug-likeness (QED) is 0.835. The Morgan fingerprint density at radius 2 is 1.89 bits per heavy atom. The highest BCUT2D eigenvalue weighted by molar-refractivity contribution is 9.10. The van der Waals surface area contributed by atoms with Gasteiger partial charge in [-0.25, -0.2) is 0 Å². The van der Waals surface area contributed by atoms with Crippen molar-refractivity contribution in [2.45, 2.75) is 19.4 Å². The Hall–Kier alpha value is -0.830. The average Bonchev–Trinajstić information content (AvgIpc) is 2.41. The summed E-state index contributed by atoms with van der Waals surface area (Å²) < 4.78 is 1.14. The van der Waals surface area contributed by atoms with E-state index in [1.807, 2.05) is 25.2 Å². The molecule has 0 aliphatic heterocycles. The summed E-state index contributed by atoms with van der Waals surface area (Å²) >= 11 is 9.84. The van der Waals surface area contributed by atoms with E-state index in [1.54, 1.807) is 0 Å². The highest BCUT2D eigenvalue weighted by Crippen LogP contribution is 2.28. The number of hydrogen-bond acceptors (Lipinski definition) is 1. The van der Waals surface area contributed by atoms with Crippen LogP contribution in [0.3, 0.4) is 0 Å². The summed E-state index contributed by atoms with van der Waals surface area (Å²) in [4.78, 5) is 0. The van der Waals surface area contributed by atoms with Gasteiger partial charge in [-0.2, -0.15) is 0 Å². The van der Waals surface area contributed by atoms with E-state index in [4.69, 9.17) is 11.6 Å². The second-order valence-electron chi connectivity index (χ2n) is 4.59. The fraction of sp³-hybridized carbons (Fsp3) is 0.250. The normalized spacial score (nSPS) is 12.4. The molecule has 3 heteroatoms. The summed E-state index contributed by atoms with van der Waals surface area (Å²) in [6.45, 7) is 2.14. The zero-order chi connectivity index (χ0) is 13.8. The molecule has 0 aromatic heterocycles. The maximum Gasteiger partial charge on any atom is 0.0438 e. The number of nitrogens with one attached hydrogen (secondary N) is 1. The molecule has 1 unspecified atom stereocenters. The Balaban J connectivity index is 2.31. The predicted octanol–water partition coefficient (Wildman–Crippen LogP) is 4.91. The summed E-state index contributed by atoms with van der Waals surface area (Å²) in [6.07, 6.45) is 0.882. The van der Waals surface area contributed by atoms with Crippen molar-refractivity contribution in [3.05, 3.63) is 68.7 Å². The molecule has 0 bridgehead atoms. The summed E-state index contributed by atoms with van der Waals surface area (Å²) in [7, 11) is 1.99. The highest BCUT2D eigenvalue weighted by atomic mass is 79.9. The van der Waals surface area contributed by atoms with Crippen LogP contribution in [0.4, 0.5) is 0 Å². The smallest absolute Gasteiger partial charge is 0.0438 e. The van der Waals surface area contributed by atoms with Crippen molar-refractivity contribution >= 4 is 27.5 Å². The van der Waals surface area contributed by atoms with E-state index >= 15 is 0 Å². The largest absolute Gasteiger partial charge is 0.313 e. The van der Waals surface area contributed by atoms with Crippen LogP contribution >= 0.6 is 27.5 Å². The lowest BCUT2D eigenvalue weighted by Gasteiger charge is -2.20. The van der Waals surface area contributed by atoms with Crippen molar-refractivity contribution in [1.82, 2.24) is 5.32 Å². The number of likely N-dealkylation sites (N-methyl/N-ethyl adjacent to an activating group) is 1. The minimum atomic E-state index is 0.261. The van der Waals surface area contributed by atoms with Crippen molar-refractivity contribution in [3.63, 3.8) is 0 Å². The fourth-order valence-electron chi connectivity index (χ4n) is 2.25. The van der Waals surface area contributed by atoms with Gasteiger partial charge in [-0.15, -0.1) is 0 Å². The SMILES string of the molecule is CNC(Cc1ccccc1Cl)c1cccc(Br)c1C. The van der Waals surface area contributed by atoms with Gasteiger partial charge in [0.1, 0.15) is 0 Å². The van der Waals surface area contributed by atoms with Crippen LogP contribution in [0.5, 0.6) is 0 Å². The van der Waals surface area contributed by atoms with E-state index in [-0.39, 0.29) is 6.04 Å². The first-order valence-corrected chi connectivity index (χ1v) is 7.46. The van der Waals surface area contributed by atoms with Crippen molar-refractivity contribution in [2.75, 3.05) is 7.05 Å². The number of halogens is 2. The second-order valence-corrected chi connectivity index (χ2v) is 5.85. The van der Waals surface area contributed by atoms with Gasteiger partial charge in [-0.3, -0.25) is 0 Å². The van der Waals surface area contributed by atoms with Crippen LogP contribution in [-0.4, -0.2) is 7.05 Å². The minimum absolute atomic E-state index is 0.261. The maximum absolute atomic E-state index is 6.25. The topological polar surface area (TPSA) is 12.0 Å². The molecule has 2 aromatic carbocycles. The van der Waals surface area contributed by atoms with Crippen molar-refractivity contribution in [2.24, 2.45) is 0 Å². The first kappa shape index (κ1) is 14.6. The molecule has 2 rings (SSSR count). The predicted molar refractivity (Wildman–Crippen MR) is 85.8 cm³/mol. The lowest BCUT2D eigenvalue weighted by atomic mass is 9.95. The first-order chi connectivity index (χ1) is 9.13. The molecule has 0 spiro atoms. The molecule has 100 valence electrons. The molecular weight excluding hydrogens is 322 g/mol. The zero-order valence-electron chi connectivity index (χ0n) is 11.1. The Bertz CT molecular complexity index is 568. The molecule has 0 fully saturated rings. The standard InChI is InChI=1S/C16H17BrClN/c1-11-13(7-5-8-14(11)17)16(19-2)10-12-6-3-4-9-15(12)18/h3-9,16,19H,10H2,1-2H3. The number of hydrogen-bond donors (Lipinski definition) is 1. The minimum Gasteiger partial charge on any atom is -0.313 e. The molecule has 0 radical (unpaired) electrons. The van der Waals surface area contributed by atoms with Gasteiger partial charge in [0, 0.05) is 15.5 Å². The Labute approximate surface area is 128 Å². The van der Waals surface area contributed by atoms with Gasteiger partial charge in [-0.1, -0.05) is 57.9 Å². The zero-order valence-corrected chi connectivity index (χ0v) is 13.4. The molecule has 19 heavy (non-hydrogen) atoms. The molecule has 0 heterocycles. The van der Waals surface area contributed by atoms with Crippen LogP contribution in [-0.2, 0) is 6.42 Å². The third kappa shape index (κ3) is 3.38. The van der Waals surface area contributed by atoms with Gasteiger partial charge >= 0.3 is 0 Å². The van der Waals surface area contributed by atoms with Crippen molar-refractivity contribution in [1.29, 1.82) is 0 Å². The monoisotopic (exact) mass is 337 g/mol. The molecule has 2 aromatic rings. The van der Waals surface area contributed by atoms with Gasteiger partial charge in [-0.05, 0) is 49.2 Å². The van der Waals surface area contributed by atoms with E-state index < -0.39 is 0 Å². The van der Waals surface area contributed by atoms with Gasteiger partial charge in [0.2, 0.25) is 0 Å². The van der Waals surface area contributed by atoms with Gasteiger partial charge < -0.3 is 5.32 Å². The van der Waals surface area contributed by atoms with E-state index in [0.29, 0.717) is 0 Å². The lowest BCUT2D eigenvalue weighted by Crippen LogP contribution is -2.20. The van der Waals surface area contributed by atoms with Crippen LogP contribution in [0.2, 0.25) is 5.02 Å². The molecule has 0 amide bonds. The van der Waals surface area contributed by atoms with E-state index in [9.17, 15) is 0 Å². The van der Waals surface area contributed by atoms with Gasteiger partial charge in [0.05, 0.1) is 0 Å². The summed E-state index contributed by atoms with van der Waals surface area (Å²) in [5, 5.41) is 4.21. The molecule has 0 saturated carbocycles. The van der Waals surface area contributed by atoms with Gasteiger partial charge in [0.15, 0.2) is 0 Å². The molecular formula is C16H17BrClN. The molecule has 1 N–H and O–H groups in total. The van der Waals surface area contributed by atoms with Crippen molar-refractivity contribution in [3.8, 4) is 0 Å². The van der Waals surface area contributed by atoms with Crippen LogP contribution in [0.25, 0.3) is 0 Å².